The van der Waals surface area contributed by atoms with Gasteiger partial charge in [-0.3, -0.25) is 0 Å². The van der Waals surface area contributed by atoms with Gasteiger partial charge in [-0.2, -0.15) is 13.2 Å². The van der Waals surface area contributed by atoms with Crippen molar-refractivity contribution in [3.05, 3.63) is 33.8 Å². The Bertz CT molecular complexity index is 743. The third-order valence-electron chi connectivity index (χ3n) is 4.65. The van der Waals surface area contributed by atoms with E-state index < -0.39 is 11.9 Å². The van der Waals surface area contributed by atoms with Crippen molar-refractivity contribution in [2.45, 2.75) is 45.1 Å². The second-order valence-electron chi connectivity index (χ2n) is 6.85. The van der Waals surface area contributed by atoms with E-state index in [2.05, 4.69) is 14.9 Å². The standard InChI is InChI=1S/C17H23F3N4OS/c1-11(25-3)16-21-13(10-26-16)8-23(2)6-12-4-5-15-22-14(17(18,19)20)9-24(15)7-12/h9-12H,4-8H2,1-3H3/t11-,12+/m1/s1. The van der Waals surface area contributed by atoms with Crippen molar-refractivity contribution in [1.29, 1.82) is 0 Å². The molecule has 2 atom stereocenters. The fourth-order valence-electron chi connectivity index (χ4n) is 3.26. The second-order valence-corrected chi connectivity index (χ2v) is 7.74. The van der Waals surface area contributed by atoms with E-state index in [-0.39, 0.29) is 6.10 Å². The van der Waals surface area contributed by atoms with Crippen molar-refractivity contribution in [2.24, 2.45) is 5.92 Å². The molecule has 0 radical (unpaired) electrons. The normalized spacial score (nSPS) is 19.0. The van der Waals surface area contributed by atoms with Gasteiger partial charge in [-0.15, -0.1) is 11.3 Å². The maximum absolute atomic E-state index is 12.8. The second kappa shape index (κ2) is 7.66. The molecule has 3 heterocycles. The number of methoxy groups -OCH3 is 1. The zero-order chi connectivity index (χ0) is 18.9. The van der Waals surface area contributed by atoms with Crippen molar-refractivity contribution >= 4 is 11.3 Å². The molecule has 0 bridgehead atoms. The van der Waals surface area contributed by atoms with E-state index in [1.54, 1.807) is 23.0 Å². The van der Waals surface area contributed by atoms with Crippen LogP contribution in [0, 0.1) is 5.92 Å². The first-order valence-corrected chi connectivity index (χ1v) is 9.43. The first-order valence-electron chi connectivity index (χ1n) is 8.55. The molecule has 0 fully saturated rings. The molecular weight excluding hydrogens is 365 g/mol. The minimum absolute atomic E-state index is 0.0140. The molecule has 5 nitrogen and oxygen atoms in total. The Balaban J connectivity index is 1.56. The number of thiazole rings is 1. The Morgan fingerprint density at radius 1 is 1.42 bits per heavy atom. The number of hydrogen-bond acceptors (Lipinski definition) is 5. The van der Waals surface area contributed by atoms with Crippen LogP contribution in [-0.4, -0.2) is 40.1 Å². The summed E-state index contributed by atoms with van der Waals surface area (Å²) in [5.41, 5.74) is 0.207. The predicted molar refractivity (Wildman–Crippen MR) is 92.9 cm³/mol. The number of aryl methyl sites for hydroxylation is 1. The minimum atomic E-state index is -4.38. The predicted octanol–water partition coefficient (Wildman–Crippen LogP) is 3.76. The zero-order valence-corrected chi connectivity index (χ0v) is 15.9. The van der Waals surface area contributed by atoms with Crippen molar-refractivity contribution in [2.75, 3.05) is 20.7 Å². The van der Waals surface area contributed by atoms with Crippen molar-refractivity contribution in [3.63, 3.8) is 0 Å². The molecule has 2 aromatic heterocycles. The van der Waals surface area contributed by atoms with Crippen LogP contribution in [-0.2, 0) is 30.4 Å². The van der Waals surface area contributed by atoms with Gasteiger partial charge in [-0.05, 0) is 26.3 Å². The van der Waals surface area contributed by atoms with E-state index in [4.69, 9.17) is 4.74 Å². The molecule has 0 unspecified atom stereocenters. The highest BCUT2D eigenvalue weighted by atomic mass is 32.1. The minimum Gasteiger partial charge on any atom is -0.375 e. The number of imidazole rings is 1. The largest absolute Gasteiger partial charge is 0.434 e. The van der Waals surface area contributed by atoms with Crippen LogP contribution in [0.2, 0.25) is 0 Å². The molecule has 144 valence electrons. The van der Waals surface area contributed by atoms with E-state index in [0.717, 1.165) is 29.9 Å². The van der Waals surface area contributed by atoms with Crippen molar-refractivity contribution in [3.8, 4) is 0 Å². The number of alkyl halides is 3. The quantitative estimate of drug-likeness (QED) is 0.756. The van der Waals surface area contributed by atoms with Gasteiger partial charge in [0.2, 0.25) is 0 Å². The summed E-state index contributed by atoms with van der Waals surface area (Å²) in [6.45, 7) is 4.07. The highest BCUT2D eigenvalue weighted by Crippen LogP contribution is 2.31. The van der Waals surface area contributed by atoms with Crippen LogP contribution in [0.1, 0.15) is 41.7 Å². The summed E-state index contributed by atoms with van der Waals surface area (Å²) in [5, 5.41) is 2.99. The molecule has 2 aromatic rings. The highest BCUT2D eigenvalue weighted by molar-refractivity contribution is 7.09. The fraction of sp³-hybridized carbons (Fsp3) is 0.647. The van der Waals surface area contributed by atoms with Gasteiger partial charge >= 0.3 is 6.18 Å². The van der Waals surface area contributed by atoms with Crippen LogP contribution in [0.15, 0.2) is 11.6 Å². The molecule has 0 spiro atoms. The molecule has 0 aromatic carbocycles. The lowest BCUT2D eigenvalue weighted by molar-refractivity contribution is -0.141. The third kappa shape index (κ3) is 4.44. The van der Waals surface area contributed by atoms with Crippen molar-refractivity contribution < 1.29 is 17.9 Å². The monoisotopic (exact) mass is 388 g/mol. The van der Waals surface area contributed by atoms with Crippen LogP contribution in [0.25, 0.3) is 0 Å². The molecule has 0 N–H and O–H groups in total. The van der Waals surface area contributed by atoms with Gasteiger partial charge in [0.05, 0.1) is 5.69 Å². The van der Waals surface area contributed by atoms with Crippen LogP contribution in [0.5, 0.6) is 0 Å². The molecule has 1 aliphatic heterocycles. The number of hydrogen-bond donors (Lipinski definition) is 0. The Labute approximate surface area is 154 Å². The molecule has 26 heavy (non-hydrogen) atoms. The topological polar surface area (TPSA) is 43.2 Å². The Morgan fingerprint density at radius 3 is 2.88 bits per heavy atom. The molecule has 0 amide bonds. The van der Waals surface area contributed by atoms with Crippen LogP contribution in [0.3, 0.4) is 0 Å². The first kappa shape index (κ1) is 19.3. The van der Waals surface area contributed by atoms with E-state index in [1.807, 2.05) is 19.4 Å². The Morgan fingerprint density at radius 2 is 2.19 bits per heavy atom. The van der Waals surface area contributed by atoms with Crippen LogP contribution in [0.4, 0.5) is 13.2 Å². The summed E-state index contributed by atoms with van der Waals surface area (Å²) in [5.74, 6) is 0.840. The lowest BCUT2D eigenvalue weighted by Crippen LogP contribution is -2.31. The van der Waals surface area contributed by atoms with Gasteiger partial charge in [-0.25, -0.2) is 9.97 Å². The lowest BCUT2D eigenvalue weighted by atomic mass is 9.99. The molecule has 0 aliphatic carbocycles. The summed E-state index contributed by atoms with van der Waals surface area (Å²) in [4.78, 5) is 10.5. The lowest BCUT2D eigenvalue weighted by Gasteiger charge is -2.27. The number of nitrogens with zero attached hydrogens (tertiary/aromatic N) is 4. The molecule has 0 saturated carbocycles. The molecule has 9 heteroatoms. The summed E-state index contributed by atoms with van der Waals surface area (Å²) in [6.07, 6.45) is -1.82. The number of halogens is 3. The van der Waals surface area contributed by atoms with Crippen LogP contribution < -0.4 is 0 Å². The number of ether oxygens (including phenoxy) is 1. The molecule has 0 saturated heterocycles. The fourth-order valence-corrected chi connectivity index (χ4v) is 4.11. The van der Waals surface area contributed by atoms with Gasteiger partial charge in [0, 0.05) is 44.7 Å². The third-order valence-corrected chi connectivity index (χ3v) is 5.71. The number of aromatic nitrogens is 3. The average Bonchev–Trinajstić information content (AvgIpc) is 3.20. The number of rotatable bonds is 6. The highest BCUT2D eigenvalue weighted by Gasteiger charge is 2.35. The van der Waals surface area contributed by atoms with E-state index in [1.165, 1.54) is 0 Å². The van der Waals surface area contributed by atoms with E-state index in [0.29, 0.717) is 31.3 Å². The maximum atomic E-state index is 12.8. The zero-order valence-electron chi connectivity index (χ0n) is 15.1. The smallest absolute Gasteiger partial charge is 0.375 e. The van der Waals surface area contributed by atoms with Gasteiger partial charge in [0.1, 0.15) is 16.9 Å². The van der Waals surface area contributed by atoms with Gasteiger partial charge < -0.3 is 14.2 Å². The Kier molecular flexibility index (Phi) is 5.69. The van der Waals surface area contributed by atoms with Crippen LogP contribution >= 0.6 is 11.3 Å². The SMILES string of the molecule is CO[C@H](C)c1nc(CN(C)C[C@@H]2CCc3nc(C(F)(F)F)cn3C2)cs1. The van der Waals surface area contributed by atoms with Gasteiger partial charge in [-0.1, -0.05) is 0 Å². The maximum Gasteiger partial charge on any atom is 0.434 e. The van der Waals surface area contributed by atoms with E-state index >= 15 is 0 Å². The summed E-state index contributed by atoms with van der Waals surface area (Å²) in [6, 6.07) is 0. The van der Waals surface area contributed by atoms with E-state index in [9.17, 15) is 13.2 Å². The first-order chi connectivity index (χ1) is 12.3. The molecule has 1 aliphatic rings. The molecule has 3 rings (SSSR count). The van der Waals surface area contributed by atoms with Crippen molar-refractivity contribution in [1.82, 2.24) is 19.4 Å². The Hall–Kier alpha value is -1.45. The number of fused-ring (bicyclic) bond motifs is 1. The van der Waals surface area contributed by atoms with Gasteiger partial charge in [0.25, 0.3) is 0 Å². The summed E-state index contributed by atoms with van der Waals surface area (Å²) >= 11 is 1.58. The molecular formula is C17H23F3N4OS. The summed E-state index contributed by atoms with van der Waals surface area (Å²) < 4.78 is 45.4. The summed E-state index contributed by atoms with van der Waals surface area (Å²) in [7, 11) is 3.68. The van der Waals surface area contributed by atoms with Gasteiger partial charge in [0.15, 0.2) is 5.69 Å². The average molecular weight is 388 g/mol.